The van der Waals surface area contributed by atoms with Gasteiger partial charge >= 0.3 is 0 Å². The van der Waals surface area contributed by atoms with E-state index in [9.17, 15) is 9.59 Å². The molecule has 5 heteroatoms. The molecule has 4 aromatic rings. The fourth-order valence-electron chi connectivity index (χ4n) is 4.30. The van der Waals surface area contributed by atoms with Crippen molar-refractivity contribution in [2.75, 3.05) is 4.90 Å². The van der Waals surface area contributed by atoms with Crippen LogP contribution in [0, 0.1) is 6.92 Å². The minimum absolute atomic E-state index is 0.00460. The van der Waals surface area contributed by atoms with Crippen molar-refractivity contribution in [3.63, 3.8) is 0 Å². The maximum absolute atomic E-state index is 13.6. The van der Waals surface area contributed by atoms with Crippen LogP contribution in [0.15, 0.2) is 76.1 Å². The number of aromatic nitrogens is 1. The van der Waals surface area contributed by atoms with Gasteiger partial charge in [0.2, 0.25) is 5.76 Å². The van der Waals surface area contributed by atoms with Gasteiger partial charge in [0.25, 0.3) is 5.91 Å². The third-order valence-electron chi connectivity index (χ3n) is 6.01. The third kappa shape index (κ3) is 3.12. The van der Waals surface area contributed by atoms with Gasteiger partial charge in [0.15, 0.2) is 5.43 Å². The minimum Gasteiger partial charge on any atom is -0.450 e. The van der Waals surface area contributed by atoms with Crippen LogP contribution in [0.5, 0.6) is 0 Å². The molecule has 1 aliphatic heterocycles. The Kier molecular flexibility index (Phi) is 4.52. The molecule has 0 N–H and O–H groups in total. The van der Waals surface area contributed by atoms with Gasteiger partial charge in [-0.25, -0.2) is 4.98 Å². The molecule has 1 atom stereocenters. The quantitative estimate of drug-likeness (QED) is 0.424. The number of hydrogen-bond donors (Lipinski definition) is 0. The Labute approximate surface area is 186 Å². The smallest absolute Gasteiger partial charge is 0.296 e. The second-order valence-electron chi connectivity index (χ2n) is 9.31. The van der Waals surface area contributed by atoms with E-state index in [2.05, 4.69) is 37.9 Å². The molecular weight excluding hydrogens is 400 g/mol. The largest absolute Gasteiger partial charge is 0.450 e. The highest BCUT2D eigenvalue weighted by Gasteiger charge is 2.44. The van der Waals surface area contributed by atoms with Gasteiger partial charge < -0.3 is 4.42 Å². The number of anilines is 1. The summed E-state index contributed by atoms with van der Waals surface area (Å²) in [6, 6.07) is 18.3. The summed E-state index contributed by atoms with van der Waals surface area (Å²) in [5.41, 5.74) is 3.57. The highest BCUT2D eigenvalue weighted by Crippen LogP contribution is 2.41. The number of carbonyl (C=O) groups is 1. The van der Waals surface area contributed by atoms with Crippen molar-refractivity contribution in [2.24, 2.45) is 0 Å². The van der Waals surface area contributed by atoms with Crippen LogP contribution in [-0.2, 0) is 5.41 Å². The number of carbonyl (C=O) groups excluding carboxylic acids is 1. The maximum atomic E-state index is 13.6. The van der Waals surface area contributed by atoms with Crippen LogP contribution in [0.3, 0.4) is 0 Å². The lowest BCUT2D eigenvalue weighted by Crippen LogP contribution is -2.30. The van der Waals surface area contributed by atoms with Crippen LogP contribution in [-0.4, -0.2) is 10.9 Å². The Hall–Kier alpha value is -3.73. The Bertz CT molecular complexity index is 1400. The van der Waals surface area contributed by atoms with Crippen molar-refractivity contribution in [1.82, 2.24) is 4.98 Å². The van der Waals surface area contributed by atoms with Crippen LogP contribution in [0.2, 0.25) is 0 Å². The molecule has 5 rings (SSSR count). The summed E-state index contributed by atoms with van der Waals surface area (Å²) in [6.45, 7) is 8.39. The van der Waals surface area contributed by atoms with E-state index in [4.69, 9.17) is 4.42 Å². The molecule has 2 aromatic carbocycles. The van der Waals surface area contributed by atoms with E-state index in [1.807, 2.05) is 37.3 Å². The molecular formula is C27H24N2O3. The molecule has 32 heavy (non-hydrogen) atoms. The fourth-order valence-corrected chi connectivity index (χ4v) is 4.30. The van der Waals surface area contributed by atoms with Crippen molar-refractivity contribution >= 4 is 22.7 Å². The molecule has 3 heterocycles. The van der Waals surface area contributed by atoms with Crippen molar-refractivity contribution in [3.05, 3.63) is 105 Å². The first-order chi connectivity index (χ1) is 15.3. The fraction of sp³-hybridized carbons (Fsp3) is 0.222. The zero-order valence-electron chi connectivity index (χ0n) is 18.5. The first-order valence-electron chi connectivity index (χ1n) is 10.7. The van der Waals surface area contributed by atoms with E-state index in [1.54, 1.807) is 29.3 Å². The van der Waals surface area contributed by atoms with Gasteiger partial charge in [0.1, 0.15) is 11.4 Å². The summed E-state index contributed by atoms with van der Waals surface area (Å²) in [7, 11) is 0. The molecule has 0 bridgehead atoms. The normalized spacial score (nSPS) is 15.9. The van der Waals surface area contributed by atoms with Crippen molar-refractivity contribution in [1.29, 1.82) is 0 Å². The standard InChI is InChI=1S/C27H24N2O3/c1-16-8-13-20-19(15-16)24(30)22-23(17-9-11-18(12-10-17)27(2,3)4)29(26(31)25(22)32-20)21-7-5-6-14-28-21/h5-15,23H,1-4H3. The molecule has 0 spiro atoms. The Morgan fingerprint density at radius 3 is 2.38 bits per heavy atom. The summed E-state index contributed by atoms with van der Waals surface area (Å²) in [5.74, 6) is 0.207. The van der Waals surface area contributed by atoms with Crippen LogP contribution in [0.4, 0.5) is 5.82 Å². The molecule has 1 amide bonds. The molecule has 1 unspecified atom stereocenters. The van der Waals surface area contributed by atoms with Gasteiger partial charge in [0.05, 0.1) is 17.0 Å². The summed E-state index contributed by atoms with van der Waals surface area (Å²) in [6.07, 6.45) is 1.64. The molecule has 0 fully saturated rings. The van der Waals surface area contributed by atoms with Gasteiger partial charge in [-0.1, -0.05) is 62.7 Å². The third-order valence-corrected chi connectivity index (χ3v) is 6.01. The number of amides is 1. The van der Waals surface area contributed by atoms with Crippen LogP contribution in [0.25, 0.3) is 11.0 Å². The maximum Gasteiger partial charge on any atom is 0.296 e. The Morgan fingerprint density at radius 1 is 0.969 bits per heavy atom. The number of hydrogen-bond acceptors (Lipinski definition) is 4. The predicted molar refractivity (Wildman–Crippen MR) is 125 cm³/mol. The van der Waals surface area contributed by atoms with Gasteiger partial charge in [-0.05, 0) is 47.7 Å². The second-order valence-corrected chi connectivity index (χ2v) is 9.31. The first-order valence-corrected chi connectivity index (χ1v) is 10.7. The Morgan fingerprint density at radius 2 is 1.72 bits per heavy atom. The van der Waals surface area contributed by atoms with Crippen LogP contribution < -0.4 is 10.3 Å². The van der Waals surface area contributed by atoms with E-state index >= 15 is 0 Å². The SMILES string of the molecule is Cc1ccc2oc3c(c(=O)c2c1)C(c1ccc(C(C)(C)C)cc1)N(c1ccccn1)C3=O. The highest BCUT2D eigenvalue weighted by molar-refractivity contribution is 6.10. The van der Waals surface area contributed by atoms with E-state index in [1.165, 1.54) is 5.56 Å². The van der Waals surface area contributed by atoms with Crippen molar-refractivity contribution in [3.8, 4) is 0 Å². The average molecular weight is 425 g/mol. The summed E-state index contributed by atoms with van der Waals surface area (Å²) in [5, 5.41) is 0.482. The number of fused-ring (bicyclic) bond motifs is 2. The number of pyridine rings is 1. The van der Waals surface area contributed by atoms with Crippen LogP contribution in [0.1, 0.15) is 59.6 Å². The topological polar surface area (TPSA) is 63.4 Å². The molecule has 5 nitrogen and oxygen atoms in total. The Balaban J connectivity index is 1.77. The van der Waals surface area contributed by atoms with Gasteiger partial charge in [0, 0.05) is 6.20 Å². The molecule has 0 radical (unpaired) electrons. The number of benzene rings is 2. The van der Waals surface area contributed by atoms with E-state index < -0.39 is 6.04 Å². The molecule has 2 aromatic heterocycles. The van der Waals surface area contributed by atoms with Gasteiger partial charge in [-0.15, -0.1) is 0 Å². The van der Waals surface area contributed by atoms with Crippen molar-refractivity contribution < 1.29 is 9.21 Å². The monoisotopic (exact) mass is 424 g/mol. The average Bonchev–Trinajstić information content (AvgIpc) is 3.07. The summed E-state index contributed by atoms with van der Waals surface area (Å²) >= 11 is 0. The summed E-state index contributed by atoms with van der Waals surface area (Å²) in [4.78, 5) is 33.1. The highest BCUT2D eigenvalue weighted by atomic mass is 16.3. The van der Waals surface area contributed by atoms with Crippen LogP contribution >= 0.6 is 0 Å². The molecule has 0 aliphatic carbocycles. The minimum atomic E-state index is -0.609. The van der Waals surface area contributed by atoms with Gasteiger partial charge in [-0.3, -0.25) is 14.5 Å². The van der Waals surface area contributed by atoms with E-state index in [0.29, 0.717) is 22.4 Å². The first kappa shape index (κ1) is 20.2. The number of nitrogens with zero attached hydrogens (tertiary/aromatic N) is 2. The van der Waals surface area contributed by atoms with Gasteiger partial charge in [-0.2, -0.15) is 0 Å². The zero-order chi connectivity index (χ0) is 22.6. The summed E-state index contributed by atoms with van der Waals surface area (Å²) < 4.78 is 6.01. The molecule has 160 valence electrons. The van der Waals surface area contributed by atoms with E-state index in [0.717, 1.165) is 11.1 Å². The molecule has 0 saturated carbocycles. The number of rotatable bonds is 2. The molecule has 0 saturated heterocycles. The zero-order valence-corrected chi connectivity index (χ0v) is 18.5. The van der Waals surface area contributed by atoms with Crippen molar-refractivity contribution in [2.45, 2.75) is 39.2 Å². The molecule has 1 aliphatic rings. The lowest BCUT2D eigenvalue weighted by Gasteiger charge is -2.25. The second kappa shape index (κ2) is 7.16. The predicted octanol–water partition coefficient (Wildman–Crippen LogP) is 5.54. The van der Waals surface area contributed by atoms with E-state index in [-0.39, 0.29) is 22.5 Å². The number of aryl methyl sites for hydroxylation is 1. The lowest BCUT2D eigenvalue weighted by molar-refractivity contribution is 0.0970. The lowest BCUT2D eigenvalue weighted by atomic mass is 9.86.